The van der Waals surface area contributed by atoms with Gasteiger partial charge in [0.05, 0.1) is 11.4 Å². The van der Waals surface area contributed by atoms with Gasteiger partial charge in [0.1, 0.15) is 16.9 Å². The summed E-state index contributed by atoms with van der Waals surface area (Å²) in [5.41, 5.74) is 1.14. The van der Waals surface area contributed by atoms with Crippen molar-refractivity contribution >= 4 is 34.8 Å². The molecule has 0 spiro atoms. The van der Waals surface area contributed by atoms with Gasteiger partial charge < -0.3 is 10.2 Å². The van der Waals surface area contributed by atoms with E-state index in [1.54, 1.807) is 20.9 Å². The van der Waals surface area contributed by atoms with Crippen LogP contribution in [0.5, 0.6) is 0 Å². The number of halogens is 1. The lowest BCUT2D eigenvalue weighted by Gasteiger charge is -2.44. The van der Waals surface area contributed by atoms with Crippen LogP contribution in [-0.4, -0.2) is 38.1 Å². The van der Waals surface area contributed by atoms with E-state index in [1.807, 2.05) is 54.8 Å². The molecule has 1 fully saturated rings. The van der Waals surface area contributed by atoms with Gasteiger partial charge in [0.25, 0.3) is 5.91 Å². The summed E-state index contributed by atoms with van der Waals surface area (Å²) in [6.45, 7) is 2.49. The van der Waals surface area contributed by atoms with Crippen molar-refractivity contribution in [2.45, 2.75) is 63.7 Å². The number of fused-ring (bicyclic) bond motifs is 1. The van der Waals surface area contributed by atoms with E-state index in [1.165, 1.54) is 6.42 Å². The molecule has 1 aromatic carbocycles. The monoisotopic (exact) mass is 482 g/mol. The fraction of sp³-hybridized carbons (Fsp3) is 0.400. The summed E-state index contributed by atoms with van der Waals surface area (Å²) in [4.78, 5) is 30.1. The molecule has 8 heteroatoms. The van der Waals surface area contributed by atoms with E-state index in [0.717, 1.165) is 41.8 Å². The van der Waals surface area contributed by atoms with Crippen molar-refractivity contribution in [1.82, 2.24) is 20.0 Å². The third kappa shape index (κ3) is 4.32. The van der Waals surface area contributed by atoms with Gasteiger partial charge in [-0.15, -0.1) is 11.3 Å². The molecule has 0 radical (unpaired) electrons. The Labute approximate surface area is 202 Å². The first-order valence-corrected chi connectivity index (χ1v) is 12.7. The number of carbonyl (C=O) groups is 2. The second-order valence-electron chi connectivity index (χ2n) is 9.15. The number of nitrogens with zero attached hydrogens (tertiary/aromatic N) is 3. The van der Waals surface area contributed by atoms with E-state index in [0.29, 0.717) is 23.8 Å². The second kappa shape index (κ2) is 8.95. The molecular formula is C25H27ClN4O2S. The molecule has 1 aliphatic carbocycles. The minimum atomic E-state index is -1.06. The molecule has 2 aromatic heterocycles. The highest BCUT2D eigenvalue weighted by Gasteiger charge is 2.48. The van der Waals surface area contributed by atoms with Gasteiger partial charge in [-0.25, -0.2) is 0 Å². The van der Waals surface area contributed by atoms with Crippen LogP contribution < -0.4 is 5.32 Å². The Balaban J connectivity index is 1.50. The van der Waals surface area contributed by atoms with Gasteiger partial charge in [-0.1, -0.05) is 49.1 Å². The molecule has 1 atom stereocenters. The lowest BCUT2D eigenvalue weighted by molar-refractivity contribution is -0.134. The average molecular weight is 483 g/mol. The second-order valence-corrected chi connectivity index (χ2v) is 10.5. The largest absolute Gasteiger partial charge is 0.351 e. The van der Waals surface area contributed by atoms with Crippen molar-refractivity contribution in [2.75, 3.05) is 0 Å². The smallest absolute Gasteiger partial charge is 0.273 e. The van der Waals surface area contributed by atoms with E-state index in [-0.39, 0.29) is 17.9 Å². The van der Waals surface area contributed by atoms with Crippen molar-refractivity contribution < 1.29 is 9.59 Å². The summed E-state index contributed by atoms with van der Waals surface area (Å²) in [6, 6.07) is 13.4. The molecule has 33 heavy (non-hydrogen) atoms. The Kier molecular flexibility index (Phi) is 6.01. The molecule has 1 saturated carbocycles. The predicted octanol–water partition coefficient (Wildman–Crippen LogP) is 5.13. The molecule has 5 rings (SSSR count). The first kappa shape index (κ1) is 22.2. The molecular weight excluding hydrogens is 456 g/mol. The standard InChI is InChI=1S/C25H27ClN4O2S/c1-25(24(32)27-19-6-3-2-4-7-19)16-30-21(14-20(28-30)22-8-5-13-33-22)23(31)29(25)15-17-9-11-18(26)12-10-17/h5,8-14,19H,2-4,6-7,15-16H2,1H3,(H,27,32)/t25-/m1/s1. The highest BCUT2D eigenvalue weighted by atomic mass is 35.5. The van der Waals surface area contributed by atoms with Crippen LogP contribution in [0.3, 0.4) is 0 Å². The van der Waals surface area contributed by atoms with Crippen LogP contribution in [0.1, 0.15) is 55.1 Å². The summed E-state index contributed by atoms with van der Waals surface area (Å²) < 4.78 is 1.70. The maximum Gasteiger partial charge on any atom is 0.273 e. The van der Waals surface area contributed by atoms with Crippen molar-refractivity contribution in [3.63, 3.8) is 0 Å². The number of nitrogens with one attached hydrogen (secondary N) is 1. The van der Waals surface area contributed by atoms with Crippen LogP contribution in [0, 0.1) is 0 Å². The third-order valence-corrected chi connectivity index (χ3v) is 7.90. The Hall–Kier alpha value is -2.64. The van der Waals surface area contributed by atoms with Crippen molar-refractivity contribution in [3.8, 4) is 10.6 Å². The lowest BCUT2D eigenvalue weighted by atomic mass is 9.91. The molecule has 0 bridgehead atoms. The van der Waals surface area contributed by atoms with E-state index in [4.69, 9.17) is 16.7 Å². The minimum Gasteiger partial charge on any atom is -0.351 e. The summed E-state index contributed by atoms with van der Waals surface area (Å²) in [7, 11) is 0. The number of aromatic nitrogens is 2. The topological polar surface area (TPSA) is 67.2 Å². The Morgan fingerprint density at radius 1 is 1.21 bits per heavy atom. The summed E-state index contributed by atoms with van der Waals surface area (Å²) >= 11 is 7.64. The highest BCUT2D eigenvalue weighted by Crippen LogP contribution is 2.33. The van der Waals surface area contributed by atoms with Crippen molar-refractivity contribution in [2.24, 2.45) is 0 Å². The van der Waals surface area contributed by atoms with E-state index < -0.39 is 5.54 Å². The summed E-state index contributed by atoms with van der Waals surface area (Å²) in [6.07, 6.45) is 5.45. The normalized spacial score (nSPS) is 21.2. The molecule has 1 N–H and O–H groups in total. The van der Waals surface area contributed by atoms with Crippen LogP contribution in [-0.2, 0) is 17.9 Å². The average Bonchev–Trinajstić information content (AvgIpc) is 3.48. The number of benzene rings is 1. The van der Waals surface area contributed by atoms with Gasteiger partial charge in [-0.05, 0) is 55.0 Å². The molecule has 1 aliphatic heterocycles. The van der Waals surface area contributed by atoms with E-state index in [2.05, 4.69) is 5.32 Å². The number of thiophene rings is 1. The highest BCUT2D eigenvalue weighted by molar-refractivity contribution is 7.13. The van der Waals surface area contributed by atoms with E-state index in [9.17, 15) is 9.59 Å². The SMILES string of the molecule is C[C@]1(C(=O)NC2CCCCC2)Cn2nc(-c3cccs3)cc2C(=O)N1Cc1ccc(Cl)cc1. The molecule has 2 amide bonds. The lowest BCUT2D eigenvalue weighted by Crippen LogP contribution is -2.64. The first-order chi connectivity index (χ1) is 15.9. The van der Waals surface area contributed by atoms with Crippen LogP contribution in [0.2, 0.25) is 5.02 Å². The van der Waals surface area contributed by atoms with Crippen molar-refractivity contribution in [3.05, 3.63) is 64.1 Å². The predicted molar refractivity (Wildman–Crippen MR) is 130 cm³/mol. The van der Waals surface area contributed by atoms with Gasteiger partial charge in [0.2, 0.25) is 5.91 Å². The fourth-order valence-corrected chi connectivity index (χ4v) is 5.60. The van der Waals surface area contributed by atoms with Gasteiger partial charge in [0, 0.05) is 17.6 Å². The van der Waals surface area contributed by atoms with Crippen LogP contribution in [0.15, 0.2) is 47.8 Å². The first-order valence-electron chi connectivity index (χ1n) is 11.4. The third-order valence-electron chi connectivity index (χ3n) is 6.75. The number of amides is 2. The van der Waals surface area contributed by atoms with Gasteiger partial charge in [0.15, 0.2) is 0 Å². The number of rotatable bonds is 5. The molecule has 3 aromatic rings. The van der Waals surface area contributed by atoms with Crippen molar-refractivity contribution in [1.29, 1.82) is 0 Å². The molecule has 0 saturated heterocycles. The summed E-state index contributed by atoms with van der Waals surface area (Å²) in [5.74, 6) is -0.302. The van der Waals surface area contributed by atoms with Gasteiger partial charge in [-0.2, -0.15) is 5.10 Å². The van der Waals surface area contributed by atoms with Crippen LogP contribution >= 0.6 is 22.9 Å². The molecule has 3 heterocycles. The zero-order valence-corrected chi connectivity index (χ0v) is 20.2. The van der Waals surface area contributed by atoms with Crippen LogP contribution in [0.25, 0.3) is 10.6 Å². The summed E-state index contributed by atoms with van der Waals surface area (Å²) in [5, 5.41) is 10.6. The number of hydrogen-bond donors (Lipinski definition) is 1. The Bertz CT molecular complexity index is 1150. The fourth-order valence-electron chi connectivity index (χ4n) is 4.79. The molecule has 6 nitrogen and oxygen atoms in total. The molecule has 2 aliphatic rings. The number of carbonyl (C=O) groups excluding carboxylic acids is 2. The minimum absolute atomic E-state index is 0.115. The zero-order valence-electron chi connectivity index (χ0n) is 18.6. The Morgan fingerprint density at radius 3 is 2.67 bits per heavy atom. The number of hydrogen-bond acceptors (Lipinski definition) is 4. The van der Waals surface area contributed by atoms with Gasteiger partial charge in [-0.3, -0.25) is 14.3 Å². The van der Waals surface area contributed by atoms with E-state index >= 15 is 0 Å². The molecule has 0 unspecified atom stereocenters. The Morgan fingerprint density at radius 2 is 1.97 bits per heavy atom. The quantitative estimate of drug-likeness (QED) is 0.548. The maximum absolute atomic E-state index is 13.7. The van der Waals surface area contributed by atoms with Gasteiger partial charge >= 0.3 is 0 Å². The maximum atomic E-state index is 13.7. The van der Waals surface area contributed by atoms with Crippen LogP contribution in [0.4, 0.5) is 0 Å². The molecule has 172 valence electrons. The zero-order chi connectivity index (χ0) is 23.0.